The highest BCUT2D eigenvalue weighted by Gasteiger charge is 2.14. The smallest absolute Gasteiger partial charge is 0.306 e. The highest BCUT2D eigenvalue weighted by atomic mass is 35.5. The Morgan fingerprint density at radius 2 is 2.00 bits per heavy atom. The maximum atomic E-state index is 12.9. The van der Waals surface area contributed by atoms with Gasteiger partial charge >= 0.3 is 5.69 Å². The van der Waals surface area contributed by atoms with Crippen LogP contribution in [0, 0.1) is 15.9 Å². The first-order valence-corrected chi connectivity index (χ1v) is 7.72. The van der Waals surface area contributed by atoms with E-state index in [1.165, 1.54) is 23.0 Å². The number of nitro groups is 1. The summed E-state index contributed by atoms with van der Waals surface area (Å²) in [4.78, 5) is 22.0. The van der Waals surface area contributed by atoms with Gasteiger partial charge in [-0.15, -0.1) is 0 Å². The lowest BCUT2D eigenvalue weighted by molar-refractivity contribution is -0.385. The van der Waals surface area contributed by atoms with Gasteiger partial charge in [-0.25, -0.2) is 4.39 Å². The van der Waals surface area contributed by atoms with E-state index in [2.05, 4.69) is 15.5 Å². The van der Waals surface area contributed by atoms with Crippen molar-refractivity contribution in [3.8, 4) is 0 Å². The van der Waals surface area contributed by atoms with E-state index in [4.69, 9.17) is 11.6 Å². The number of benzene rings is 1. The lowest BCUT2D eigenvalue weighted by Gasteiger charge is -2.03. The number of carbonyl (C=O) groups is 1. The normalized spacial score (nSPS) is 10.7. The maximum absolute atomic E-state index is 12.9. The fourth-order valence-electron chi connectivity index (χ4n) is 2.19. The van der Waals surface area contributed by atoms with Gasteiger partial charge in [0.05, 0.1) is 11.5 Å². The maximum Gasteiger partial charge on any atom is 0.307 e. The van der Waals surface area contributed by atoms with Gasteiger partial charge < -0.3 is 5.32 Å². The summed E-state index contributed by atoms with van der Waals surface area (Å²) in [6, 6.07) is 5.92. The molecule has 0 aliphatic heterocycles. The lowest BCUT2D eigenvalue weighted by atomic mass is 10.2. The number of rotatable bonds is 6. The molecule has 0 bridgehead atoms. The summed E-state index contributed by atoms with van der Waals surface area (Å²) in [7, 11) is 0. The van der Waals surface area contributed by atoms with Crippen molar-refractivity contribution in [3.63, 3.8) is 0 Å². The highest BCUT2D eigenvalue weighted by Crippen LogP contribution is 2.20. The largest absolute Gasteiger partial charge is 0.307 e. The van der Waals surface area contributed by atoms with E-state index >= 15 is 0 Å². The number of nitrogens with one attached hydrogen (secondary N) is 1. The molecule has 11 heteroatoms. The standard InChI is InChI=1S/C15H12ClFN6O3/c16-13-8-22(6-10-1-3-11(17)4-2-10)20-15(13)19-14(24)9-21-7-12(5-18-21)23(25)26/h1-5,7-8H,6,9H2,(H,19,20,24). The molecule has 1 aromatic carbocycles. The molecule has 3 rings (SSSR count). The summed E-state index contributed by atoms with van der Waals surface area (Å²) in [5.74, 6) is -0.670. The zero-order chi connectivity index (χ0) is 18.7. The second kappa shape index (κ2) is 7.31. The topological polar surface area (TPSA) is 108 Å². The minimum atomic E-state index is -0.602. The molecule has 1 amide bonds. The average Bonchev–Trinajstić information content (AvgIpc) is 3.17. The average molecular weight is 379 g/mol. The van der Waals surface area contributed by atoms with E-state index in [0.29, 0.717) is 6.54 Å². The first-order chi connectivity index (χ1) is 12.4. The molecular weight excluding hydrogens is 367 g/mol. The number of hydrogen-bond acceptors (Lipinski definition) is 5. The molecule has 0 spiro atoms. The molecule has 0 saturated carbocycles. The van der Waals surface area contributed by atoms with E-state index in [1.54, 1.807) is 12.1 Å². The predicted molar refractivity (Wildman–Crippen MR) is 90.3 cm³/mol. The van der Waals surface area contributed by atoms with Crippen LogP contribution in [0.1, 0.15) is 5.56 Å². The van der Waals surface area contributed by atoms with Crippen LogP contribution in [0.3, 0.4) is 0 Å². The van der Waals surface area contributed by atoms with Gasteiger partial charge in [0.15, 0.2) is 5.82 Å². The van der Waals surface area contributed by atoms with Gasteiger partial charge in [0, 0.05) is 6.20 Å². The zero-order valence-electron chi connectivity index (χ0n) is 13.2. The summed E-state index contributed by atoms with van der Waals surface area (Å²) < 4.78 is 15.6. The number of hydrogen-bond donors (Lipinski definition) is 1. The molecule has 134 valence electrons. The Bertz CT molecular complexity index is 953. The number of halogens is 2. The van der Waals surface area contributed by atoms with Crippen LogP contribution >= 0.6 is 11.6 Å². The molecule has 26 heavy (non-hydrogen) atoms. The van der Waals surface area contributed by atoms with Gasteiger partial charge in [0.2, 0.25) is 5.91 Å². The molecule has 0 aliphatic carbocycles. The van der Waals surface area contributed by atoms with Gasteiger partial charge in [-0.1, -0.05) is 23.7 Å². The van der Waals surface area contributed by atoms with Gasteiger partial charge in [-0.05, 0) is 17.7 Å². The third-order valence-electron chi connectivity index (χ3n) is 3.37. The Kier molecular flexibility index (Phi) is 4.94. The third-order valence-corrected chi connectivity index (χ3v) is 3.65. The Hall–Kier alpha value is -3.27. The number of anilines is 1. The Balaban J connectivity index is 1.63. The number of nitrogens with zero attached hydrogens (tertiary/aromatic N) is 5. The summed E-state index contributed by atoms with van der Waals surface area (Å²) in [5, 5.41) is 21.3. The SMILES string of the molecule is O=C(Cn1cc([N+](=O)[O-])cn1)Nc1nn(Cc2ccc(F)cc2)cc1Cl. The molecule has 9 nitrogen and oxygen atoms in total. The van der Waals surface area contributed by atoms with Crippen molar-refractivity contribution >= 4 is 29.0 Å². The molecule has 0 radical (unpaired) electrons. The minimum Gasteiger partial charge on any atom is -0.306 e. The van der Waals surface area contributed by atoms with Crippen LogP contribution in [0.4, 0.5) is 15.9 Å². The van der Waals surface area contributed by atoms with E-state index in [0.717, 1.165) is 22.6 Å². The number of aromatic nitrogens is 4. The summed E-state index contributed by atoms with van der Waals surface area (Å²) in [6.07, 6.45) is 3.73. The molecule has 0 atom stereocenters. The fraction of sp³-hybridized carbons (Fsp3) is 0.133. The van der Waals surface area contributed by atoms with E-state index in [9.17, 15) is 19.3 Å². The highest BCUT2D eigenvalue weighted by molar-refractivity contribution is 6.33. The van der Waals surface area contributed by atoms with Crippen LogP contribution in [0.25, 0.3) is 0 Å². The van der Waals surface area contributed by atoms with E-state index < -0.39 is 10.8 Å². The first kappa shape index (κ1) is 17.5. The van der Waals surface area contributed by atoms with Crippen LogP contribution in [0.15, 0.2) is 42.9 Å². The Morgan fingerprint density at radius 3 is 2.65 bits per heavy atom. The van der Waals surface area contributed by atoms with Crippen molar-refractivity contribution in [2.45, 2.75) is 13.1 Å². The second-order valence-electron chi connectivity index (χ2n) is 5.35. The van der Waals surface area contributed by atoms with E-state index in [1.807, 2.05) is 0 Å². The minimum absolute atomic E-state index is 0.153. The van der Waals surface area contributed by atoms with Crippen LogP contribution < -0.4 is 5.32 Å². The Morgan fingerprint density at radius 1 is 1.27 bits per heavy atom. The zero-order valence-corrected chi connectivity index (χ0v) is 13.9. The van der Waals surface area contributed by atoms with Crippen LogP contribution in [-0.4, -0.2) is 30.4 Å². The molecule has 0 fully saturated rings. The molecule has 0 unspecified atom stereocenters. The molecule has 0 saturated heterocycles. The summed E-state index contributed by atoms with van der Waals surface area (Å²) in [6.45, 7) is 0.121. The molecule has 2 heterocycles. The quantitative estimate of drug-likeness (QED) is 0.523. The third kappa shape index (κ3) is 4.22. The molecule has 3 aromatic rings. The first-order valence-electron chi connectivity index (χ1n) is 7.35. The van der Waals surface area contributed by atoms with Crippen molar-refractivity contribution in [2.24, 2.45) is 0 Å². The summed E-state index contributed by atoms with van der Waals surface area (Å²) in [5.41, 5.74) is 0.603. The molecule has 0 aliphatic rings. The molecular formula is C15H12ClFN6O3. The van der Waals surface area contributed by atoms with Crippen molar-refractivity contribution in [3.05, 3.63) is 69.4 Å². The van der Waals surface area contributed by atoms with Crippen molar-refractivity contribution in [1.82, 2.24) is 19.6 Å². The van der Waals surface area contributed by atoms with Gasteiger partial charge in [-0.2, -0.15) is 10.2 Å². The van der Waals surface area contributed by atoms with E-state index in [-0.39, 0.29) is 28.9 Å². The predicted octanol–water partition coefficient (Wildman–Crippen LogP) is 2.47. The molecule has 2 aromatic heterocycles. The van der Waals surface area contributed by atoms with Crippen molar-refractivity contribution < 1.29 is 14.1 Å². The monoisotopic (exact) mass is 378 g/mol. The number of amides is 1. The van der Waals surface area contributed by atoms with Gasteiger partial charge in [-0.3, -0.25) is 24.3 Å². The number of carbonyl (C=O) groups excluding carboxylic acids is 1. The van der Waals surface area contributed by atoms with Crippen molar-refractivity contribution in [1.29, 1.82) is 0 Å². The second-order valence-corrected chi connectivity index (χ2v) is 5.76. The Labute approximate surface area is 151 Å². The fourth-order valence-corrected chi connectivity index (χ4v) is 2.39. The van der Waals surface area contributed by atoms with Crippen LogP contribution in [0.2, 0.25) is 5.02 Å². The van der Waals surface area contributed by atoms with Crippen LogP contribution in [0.5, 0.6) is 0 Å². The molecule has 1 N–H and O–H groups in total. The summed E-state index contributed by atoms with van der Waals surface area (Å²) >= 11 is 6.06. The van der Waals surface area contributed by atoms with Gasteiger partial charge in [0.1, 0.15) is 29.8 Å². The van der Waals surface area contributed by atoms with Gasteiger partial charge in [0.25, 0.3) is 0 Å². The lowest BCUT2D eigenvalue weighted by Crippen LogP contribution is -2.19. The van der Waals surface area contributed by atoms with Crippen molar-refractivity contribution in [2.75, 3.05) is 5.32 Å². The van der Waals surface area contributed by atoms with Crippen LogP contribution in [-0.2, 0) is 17.9 Å².